The van der Waals surface area contributed by atoms with Crippen LogP contribution < -0.4 is 10.6 Å². The Kier molecular flexibility index (Phi) is 7.35. The third kappa shape index (κ3) is 6.02. The summed E-state index contributed by atoms with van der Waals surface area (Å²) in [6.45, 7) is 18.8. The molecule has 0 amide bonds. The molecule has 0 fully saturated rings. The zero-order chi connectivity index (χ0) is 20.1. The molecule has 0 aromatic heterocycles. The Morgan fingerprint density at radius 2 is 0.741 bits per heavy atom. The van der Waals surface area contributed by atoms with Crippen LogP contribution in [0.4, 0.5) is 11.4 Å². The first kappa shape index (κ1) is 21.3. The van der Waals surface area contributed by atoms with Crippen molar-refractivity contribution < 1.29 is 0 Å². The van der Waals surface area contributed by atoms with Crippen molar-refractivity contribution in [2.45, 2.75) is 79.1 Å². The Morgan fingerprint density at radius 3 is 0.963 bits per heavy atom. The van der Waals surface area contributed by atoms with Gasteiger partial charge in [0.15, 0.2) is 0 Å². The number of hydrogen-bond acceptors (Lipinski definition) is 2. The fourth-order valence-corrected chi connectivity index (χ4v) is 3.14. The average molecular weight is 367 g/mol. The maximum atomic E-state index is 3.57. The Bertz CT molecular complexity index is 626. The van der Waals surface area contributed by atoms with Crippen LogP contribution in [0.3, 0.4) is 0 Å². The molecule has 0 radical (unpaired) electrons. The van der Waals surface area contributed by atoms with Gasteiger partial charge in [0.25, 0.3) is 0 Å². The number of hydrogen-bond donors (Lipinski definition) is 2. The first-order valence-electron chi connectivity index (χ1n) is 10.4. The Balaban J connectivity index is 2.14. The van der Waals surface area contributed by atoms with Crippen LogP contribution in [0.5, 0.6) is 0 Å². The third-order valence-corrected chi connectivity index (χ3v) is 5.21. The molecule has 2 aromatic carbocycles. The Hall–Kier alpha value is -1.96. The van der Waals surface area contributed by atoms with Crippen molar-refractivity contribution in [2.75, 3.05) is 17.3 Å². The maximum Gasteiger partial charge on any atom is 0.0849 e. The number of nitrogens with one attached hydrogen (secondary N) is 2. The van der Waals surface area contributed by atoms with Crippen molar-refractivity contribution >= 4 is 11.4 Å². The summed E-state index contributed by atoms with van der Waals surface area (Å²) < 4.78 is 0. The molecule has 0 saturated carbocycles. The predicted octanol–water partition coefficient (Wildman–Crippen LogP) is 7.66. The van der Waals surface area contributed by atoms with Gasteiger partial charge in [-0.05, 0) is 70.2 Å². The summed E-state index contributed by atoms with van der Waals surface area (Å²) in [6, 6.07) is 13.8. The van der Waals surface area contributed by atoms with Gasteiger partial charge in [0.05, 0.1) is 6.67 Å². The lowest BCUT2D eigenvalue weighted by Crippen LogP contribution is -2.13. The predicted molar refractivity (Wildman–Crippen MR) is 121 cm³/mol. The van der Waals surface area contributed by atoms with Crippen LogP contribution in [-0.2, 0) is 0 Å². The monoisotopic (exact) mass is 366 g/mol. The molecule has 27 heavy (non-hydrogen) atoms. The topological polar surface area (TPSA) is 24.1 Å². The summed E-state index contributed by atoms with van der Waals surface area (Å²) in [5, 5.41) is 7.14. The van der Waals surface area contributed by atoms with Crippen LogP contribution in [0.15, 0.2) is 36.4 Å². The zero-order valence-electron chi connectivity index (χ0n) is 18.5. The van der Waals surface area contributed by atoms with Crippen molar-refractivity contribution in [3.63, 3.8) is 0 Å². The Morgan fingerprint density at radius 1 is 0.481 bits per heavy atom. The normalized spacial score (nSPS) is 11.7. The standard InChI is InChI=1S/C25H38N2/c1-16(2)20-9-21(17(3)4)12-24(11-20)26-15-27-25-13-22(18(5)6)10-23(14-25)19(7)8/h9-14,16-19,26-27H,15H2,1-8H3. The fraction of sp³-hybridized carbons (Fsp3) is 0.520. The van der Waals surface area contributed by atoms with Crippen molar-refractivity contribution in [1.29, 1.82) is 0 Å². The molecule has 0 atom stereocenters. The molecule has 0 unspecified atom stereocenters. The van der Waals surface area contributed by atoms with Crippen LogP contribution in [0.2, 0.25) is 0 Å². The van der Waals surface area contributed by atoms with Gasteiger partial charge in [-0.3, -0.25) is 0 Å². The third-order valence-electron chi connectivity index (χ3n) is 5.21. The van der Waals surface area contributed by atoms with Crippen molar-refractivity contribution in [2.24, 2.45) is 0 Å². The van der Waals surface area contributed by atoms with Crippen LogP contribution in [0, 0.1) is 0 Å². The van der Waals surface area contributed by atoms with E-state index >= 15 is 0 Å². The number of rotatable bonds is 8. The van der Waals surface area contributed by atoms with Crippen LogP contribution in [-0.4, -0.2) is 6.67 Å². The van der Waals surface area contributed by atoms with Gasteiger partial charge in [-0.2, -0.15) is 0 Å². The SMILES string of the molecule is CC(C)c1cc(NCNc2cc(C(C)C)cc(C(C)C)c2)cc(C(C)C)c1. The van der Waals surface area contributed by atoms with E-state index in [4.69, 9.17) is 0 Å². The van der Waals surface area contributed by atoms with Gasteiger partial charge in [-0.1, -0.05) is 67.5 Å². The minimum absolute atomic E-state index is 0.536. The van der Waals surface area contributed by atoms with Crippen LogP contribution in [0.25, 0.3) is 0 Å². The highest BCUT2D eigenvalue weighted by atomic mass is 15.1. The highest BCUT2D eigenvalue weighted by Crippen LogP contribution is 2.27. The highest BCUT2D eigenvalue weighted by Gasteiger charge is 2.09. The fourth-order valence-electron chi connectivity index (χ4n) is 3.14. The van der Waals surface area contributed by atoms with Gasteiger partial charge >= 0.3 is 0 Å². The summed E-state index contributed by atoms with van der Waals surface area (Å²) in [4.78, 5) is 0. The molecule has 0 saturated heterocycles. The molecule has 2 rings (SSSR count). The molecular formula is C25H38N2. The van der Waals surface area contributed by atoms with Gasteiger partial charge < -0.3 is 10.6 Å². The second-order valence-electron chi connectivity index (χ2n) is 8.93. The van der Waals surface area contributed by atoms with Gasteiger partial charge in [0, 0.05) is 11.4 Å². The summed E-state index contributed by atoms with van der Waals surface area (Å²) in [5.41, 5.74) is 7.98. The minimum atomic E-state index is 0.536. The van der Waals surface area contributed by atoms with Gasteiger partial charge in [-0.15, -0.1) is 0 Å². The van der Waals surface area contributed by atoms with E-state index in [2.05, 4.69) is 102 Å². The Labute approximate surface area is 166 Å². The second-order valence-corrected chi connectivity index (χ2v) is 8.93. The lowest BCUT2D eigenvalue weighted by Gasteiger charge is -2.18. The molecule has 0 spiro atoms. The van der Waals surface area contributed by atoms with Gasteiger partial charge in [0.2, 0.25) is 0 Å². The van der Waals surface area contributed by atoms with E-state index in [0.29, 0.717) is 23.7 Å². The summed E-state index contributed by atoms with van der Waals surface area (Å²) >= 11 is 0. The second kappa shape index (κ2) is 9.30. The first-order valence-corrected chi connectivity index (χ1v) is 10.4. The van der Waals surface area contributed by atoms with E-state index < -0.39 is 0 Å². The summed E-state index contributed by atoms with van der Waals surface area (Å²) in [7, 11) is 0. The molecular weight excluding hydrogens is 328 g/mol. The quantitative estimate of drug-likeness (QED) is 0.468. The van der Waals surface area contributed by atoms with E-state index in [9.17, 15) is 0 Å². The maximum absolute atomic E-state index is 3.57. The smallest absolute Gasteiger partial charge is 0.0849 e. The van der Waals surface area contributed by atoms with E-state index in [-0.39, 0.29) is 0 Å². The van der Waals surface area contributed by atoms with E-state index in [1.165, 1.54) is 33.6 Å². The molecule has 2 aromatic rings. The van der Waals surface area contributed by atoms with Crippen LogP contribution in [0.1, 0.15) is 101 Å². The molecule has 0 aliphatic heterocycles. The van der Waals surface area contributed by atoms with Gasteiger partial charge in [0.1, 0.15) is 0 Å². The van der Waals surface area contributed by atoms with Gasteiger partial charge in [-0.25, -0.2) is 0 Å². The van der Waals surface area contributed by atoms with Crippen molar-refractivity contribution in [3.05, 3.63) is 58.7 Å². The lowest BCUT2D eigenvalue weighted by molar-refractivity contribution is 0.833. The lowest BCUT2D eigenvalue weighted by atomic mass is 9.95. The summed E-state index contributed by atoms with van der Waals surface area (Å²) in [5.74, 6) is 2.14. The molecule has 2 nitrogen and oxygen atoms in total. The molecule has 0 aliphatic carbocycles. The zero-order valence-corrected chi connectivity index (χ0v) is 18.5. The molecule has 0 bridgehead atoms. The number of benzene rings is 2. The molecule has 2 N–H and O–H groups in total. The number of anilines is 2. The average Bonchev–Trinajstić information content (AvgIpc) is 2.61. The van der Waals surface area contributed by atoms with Crippen LogP contribution >= 0.6 is 0 Å². The van der Waals surface area contributed by atoms with Crippen molar-refractivity contribution in [1.82, 2.24) is 0 Å². The largest absolute Gasteiger partial charge is 0.368 e. The molecule has 0 aliphatic rings. The first-order chi connectivity index (χ1) is 12.7. The molecule has 2 heteroatoms. The highest BCUT2D eigenvalue weighted by molar-refractivity contribution is 5.54. The van der Waals surface area contributed by atoms with E-state index in [0.717, 1.165) is 6.67 Å². The molecule has 0 heterocycles. The molecule has 148 valence electrons. The minimum Gasteiger partial charge on any atom is -0.368 e. The van der Waals surface area contributed by atoms with E-state index in [1.54, 1.807) is 0 Å². The summed E-state index contributed by atoms with van der Waals surface area (Å²) in [6.07, 6.45) is 0. The van der Waals surface area contributed by atoms with Crippen molar-refractivity contribution in [3.8, 4) is 0 Å². The van der Waals surface area contributed by atoms with E-state index in [1.807, 2.05) is 0 Å².